The molecule has 160 valence electrons. The van der Waals surface area contributed by atoms with Gasteiger partial charge in [-0.05, 0) is 6.07 Å². The lowest BCUT2D eigenvalue weighted by Gasteiger charge is -2.36. The molecular formula is C20H28N8O2. The maximum Gasteiger partial charge on any atom is 0.229 e. The van der Waals surface area contributed by atoms with Crippen LogP contribution in [0.5, 0.6) is 0 Å². The van der Waals surface area contributed by atoms with E-state index in [0.717, 1.165) is 102 Å². The van der Waals surface area contributed by atoms with Gasteiger partial charge in [-0.25, -0.2) is 9.97 Å². The molecule has 0 atom stereocenters. The van der Waals surface area contributed by atoms with Crippen LogP contribution in [0.2, 0.25) is 0 Å². The Morgan fingerprint density at radius 1 is 0.567 bits per heavy atom. The zero-order chi connectivity index (χ0) is 20.2. The first-order valence-corrected chi connectivity index (χ1v) is 10.7. The van der Waals surface area contributed by atoms with Gasteiger partial charge in [-0.3, -0.25) is 0 Å². The number of piperazine rings is 1. The molecule has 5 rings (SSSR count). The van der Waals surface area contributed by atoms with E-state index in [9.17, 15) is 0 Å². The smallest absolute Gasteiger partial charge is 0.229 e. The van der Waals surface area contributed by atoms with Gasteiger partial charge in [0.15, 0.2) is 0 Å². The van der Waals surface area contributed by atoms with E-state index in [1.54, 1.807) is 12.4 Å². The second-order valence-electron chi connectivity index (χ2n) is 7.61. The lowest BCUT2D eigenvalue weighted by molar-refractivity contribution is 0.122. The first-order valence-electron chi connectivity index (χ1n) is 10.7. The molecule has 0 spiro atoms. The van der Waals surface area contributed by atoms with Crippen molar-refractivity contribution in [3.63, 3.8) is 0 Å². The fourth-order valence-corrected chi connectivity index (χ4v) is 4.02. The lowest BCUT2D eigenvalue weighted by Crippen LogP contribution is -2.48. The Morgan fingerprint density at radius 3 is 1.53 bits per heavy atom. The Labute approximate surface area is 176 Å². The predicted octanol–water partition coefficient (Wildman–Crippen LogP) is 0.266. The van der Waals surface area contributed by atoms with Gasteiger partial charge >= 0.3 is 0 Å². The van der Waals surface area contributed by atoms with Crippen LogP contribution in [-0.4, -0.2) is 98.7 Å². The average Bonchev–Trinajstić information content (AvgIpc) is 2.85. The Bertz CT molecular complexity index is 783. The number of ether oxygens (including phenoxy) is 2. The molecule has 0 aromatic carbocycles. The summed E-state index contributed by atoms with van der Waals surface area (Å²) in [5.74, 6) is 3.56. The van der Waals surface area contributed by atoms with Crippen LogP contribution in [0.15, 0.2) is 24.5 Å². The highest BCUT2D eigenvalue weighted by Gasteiger charge is 2.24. The Kier molecular flexibility index (Phi) is 5.76. The maximum atomic E-state index is 5.53. The zero-order valence-electron chi connectivity index (χ0n) is 17.2. The Hall–Kier alpha value is -2.72. The van der Waals surface area contributed by atoms with Crippen LogP contribution < -0.4 is 19.6 Å². The minimum Gasteiger partial charge on any atom is -0.378 e. The summed E-state index contributed by atoms with van der Waals surface area (Å²) in [7, 11) is 0. The first kappa shape index (κ1) is 19.3. The molecule has 3 saturated heterocycles. The number of anilines is 4. The van der Waals surface area contributed by atoms with Crippen LogP contribution in [0.1, 0.15) is 0 Å². The number of hydrogen-bond donors (Lipinski definition) is 0. The van der Waals surface area contributed by atoms with Crippen LogP contribution in [-0.2, 0) is 9.47 Å². The molecule has 0 N–H and O–H groups in total. The Balaban J connectivity index is 1.36. The second kappa shape index (κ2) is 8.97. The highest BCUT2D eigenvalue weighted by molar-refractivity contribution is 5.56. The molecule has 2 aromatic rings. The fourth-order valence-electron chi connectivity index (χ4n) is 4.02. The van der Waals surface area contributed by atoms with Crippen molar-refractivity contribution >= 4 is 23.5 Å². The molecule has 3 aliphatic rings. The average molecular weight is 412 g/mol. The van der Waals surface area contributed by atoms with Crippen molar-refractivity contribution in [3.8, 4) is 0 Å². The van der Waals surface area contributed by atoms with E-state index < -0.39 is 0 Å². The summed E-state index contributed by atoms with van der Waals surface area (Å²) >= 11 is 0. The highest BCUT2D eigenvalue weighted by Crippen LogP contribution is 2.25. The van der Waals surface area contributed by atoms with E-state index in [0.29, 0.717) is 0 Å². The number of nitrogens with zero attached hydrogens (tertiary/aromatic N) is 8. The number of morpholine rings is 2. The van der Waals surface area contributed by atoms with Crippen LogP contribution in [0.4, 0.5) is 23.5 Å². The summed E-state index contributed by atoms with van der Waals surface area (Å²) in [6, 6.07) is 3.96. The third-order valence-electron chi connectivity index (χ3n) is 5.75. The van der Waals surface area contributed by atoms with E-state index in [1.807, 2.05) is 6.07 Å². The molecule has 0 amide bonds. The second-order valence-corrected chi connectivity index (χ2v) is 7.61. The van der Waals surface area contributed by atoms with Gasteiger partial charge in [-0.15, -0.1) is 0 Å². The molecule has 10 heteroatoms. The standard InChI is InChI=1S/C20H28N8O2/c1-2-21-19(22-3-1)27-4-6-28(7-5-27)20-23-17(25-8-12-29-13-9-25)16-18(24-20)26-10-14-30-15-11-26/h1-3,16H,4-15H2. The van der Waals surface area contributed by atoms with Crippen LogP contribution in [0, 0.1) is 0 Å². The summed E-state index contributed by atoms with van der Waals surface area (Å²) in [4.78, 5) is 27.7. The summed E-state index contributed by atoms with van der Waals surface area (Å²) in [5.41, 5.74) is 0. The van der Waals surface area contributed by atoms with Crippen molar-refractivity contribution in [1.29, 1.82) is 0 Å². The van der Waals surface area contributed by atoms with E-state index in [-0.39, 0.29) is 0 Å². The normalized spacial score (nSPS) is 20.5. The molecule has 0 radical (unpaired) electrons. The zero-order valence-corrected chi connectivity index (χ0v) is 17.2. The summed E-state index contributed by atoms with van der Waals surface area (Å²) in [6.45, 7) is 9.77. The van der Waals surface area contributed by atoms with Gasteiger partial charge in [0.2, 0.25) is 11.9 Å². The van der Waals surface area contributed by atoms with Gasteiger partial charge in [0.05, 0.1) is 26.4 Å². The third-order valence-corrected chi connectivity index (χ3v) is 5.75. The van der Waals surface area contributed by atoms with Crippen molar-refractivity contribution in [2.75, 3.05) is 98.4 Å². The highest BCUT2D eigenvalue weighted by atomic mass is 16.5. The van der Waals surface area contributed by atoms with Gasteiger partial charge in [0, 0.05) is 70.8 Å². The minimum absolute atomic E-state index is 0.738. The van der Waals surface area contributed by atoms with Crippen molar-refractivity contribution < 1.29 is 9.47 Å². The molecular weight excluding hydrogens is 384 g/mol. The fraction of sp³-hybridized carbons (Fsp3) is 0.600. The predicted molar refractivity (Wildman–Crippen MR) is 115 cm³/mol. The van der Waals surface area contributed by atoms with Crippen molar-refractivity contribution in [2.24, 2.45) is 0 Å². The molecule has 30 heavy (non-hydrogen) atoms. The molecule has 5 heterocycles. The monoisotopic (exact) mass is 412 g/mol. The number of rotatable bonds is 4. The first-order chi connectivity index (χ1) is 14.9. The van der Waals surface area contributed by atoms with Gasteiger partial charge in [-0.1, -0.05) is 0 Å². The van der Waals surface area contributed by atoms with E-state index in [4.69, 9.17) is 19.4 Å². The van der Waals surface area contributed by atoms with Crippen LogP contribution in [0.25, 0.3) is 0 Å². The molecule has 0 bridgehead atoms. The van der Waals surface area contributed by atoms with E-state index in [2.05, 4.69) is 35.6 Å². The van der Waals surface area contributed by atoms with Crippen LogP contribution >= 0.6 is 0 Å². The summed E-state index contributed by atoms with van der Waals surface area (Å²) < 4.78 is 11.1. The van der Waals surface area contributed by atoms with Crippen molar-refractivity contribution in [1.82, 2.24) is 19.9 Å². The maximum absolute atomic E-state index is 5.53. The van der Waals surface area contributed by atoms with Gasteiger partial charge in [-0.2, -0.15) is 9.97 Å². The quantitative estimate of drug-likeness (QED) is 0.698. The van der Waals surface area contributed by atoms with Crippen molar-refractivity contribution in [3.05, 3.63) is 24.5 Å². The number of hydrogen-bond acceptors (Lipinski definition) is 10. The molecule has 0 aliphatic carbocycles. The molecule has 3 fully saturated rings. The molecule has 0 saturated carbocycles. The molecule has 2 aromatic heterocycles. The van der Waals surface area contributed by atoms with Crippen molar-refractivity contribution in [2.45, 2.75) is 0 Å². The molecule has 10 nitrogen and oxygen atoms in total. The summed E-state index contributed by atoms with van der Waals surface area (Å²) in [5, 5.41) is 0. The number of aromatic nitrogens is 4. The largest absolute Gasteiger partial charge is 0.378 e. The van der Waals surface area contributed by atoms with Gasteiger partial charge in [0.25, 0.3) is 0 Å². The van der Waals surface area contributed by atoms with Crippen LogP contribution in [0.3, 0.4) is 0 Å². The lowest BCUT2D eigenvalue weighted by atomic mass is 10.3. The third kappa shape index (κ3) is 4.24. The summed E-state index contributed by atoms with van der Waals surface area (Å²) in [6.07, 6.45) is 3.58. The minimum atomic E-state index is 0.738. The Morgan fingerprint density at radius 2 is 1.03 bits per heavy atom. The SMILES string of the molecule is c1cnc(N2CCN(c3nc(N4CCOCC4)cc(N4CCOCC4)n3)CC2)nc1. The molecule has 3 aliphatic heterocycles. The van der Waals surface area contributed by atoms with E-state index in [1.165, 1.54) is 0 Å². The van der Waals surface area contributed by atoms with Gasteiger partial charge in [0.1, 0.15) is 11.6 Å². The molecule has 0 unspecified atom stereocenters. The van der Waals surface area contributed by atoms with Gasteiger partial charge < -0.3 is 29.1 Å². The van der Waals surface area contributed by atoms with E-state index >= 15 is 0 Å². The topological polar surface area (TPSA) is 83.0 Å².